The summed E-state index contributed by atoms with van der Waals surface area (Å²) in [5, 5.41) is 3.43. The van der Waals surface area contributed by atoms with Gasteiger partial charge in [0.05, 0.1) is 34.1 Å². The quantitative estimate of drug-likeness (QED) is 0.385. The second-order valence-corrected chi connectivity index (χ2v) is 7.71. The van der Waals surface area contributed by atoms with Gasteiger partial charge in [-0.3, -0.25) is 0 Å². The van der Waals surface area contributed by atoms with Crippen LogP contribution in [0.2, 0.25) is 0 Å². The molecule has 0 spiro atoms. The summed E-state index contributed by atoms with van der Waals surface area (Å²) < 4.78 is 0. The van der Waals surface area contributed by atoms with E-state index in [1.165, 1.54) is 5.39 Å². The number of pyridine rings is 1. The monoisotopic (exact) mass is 389 g/mol. The summed E-state index contributed by atoms with van der Waals surface area (Å²) >= 11 is 0. The van der Waals surface area contributed by atoms with Crippen LogP contribution in [0.4, 0.5) is 0 Å². The minimum absolute atomic E-state index is 0.914. The maximum absolute atomic E-state index is 4.91. The van der Waals surface area contributed by atoms with E-state index in [0.29, 0.717) is 0 Å². The molecule has 0 radical (unpaired) electrons. The second kappa shape index (κ2) is 6.26. The fourth-order valence-corrected chi connectivity index (χ4v) is 4.11. The standard InChI is InChI=1S/C25H19N5/c1-14-26-13-24(27-14)19-6-9-22-18(12-19)5-8-21(30-22)17-3-7-20-16(11-17)4-10-23-25(20)29-15(2)28-23/h3-13H,1-2H3,(H,26,27)(H,28,29). The van der Waals surface area contributed by atoms with Gasteiger partial charge in [-0.05, 0) is 49.6 Å². The number of benzene rings is 3. The highest BCUT2D eigenvalue weighted by molar-refractivity contribution is 6.05. The van der Waals surface area contributed by atoms with Gasteiger partial charge in [0.2, 0.25) is 0 Å². The number of hydrogen-bond acceptors (Lipinski definition) is 3. The van der Waals surface area contributed by atoms with E-state index >= 15 is 0 Å². The molecule has 0 saturated carbocycles. The summed E-state index contributed by atoms with van der Waals surface area (Å²) in [5.41, 5.74) is 7.27. The average Bonchev–Trinajstić information content (AvgIpc) is 3.37. The number of fused-ring (bicyclic) bond motifs is 4. The van der Waals surface area contributed by atoms with E-state index in [-0.39, 0.29) is 0 Å². The Morgan fingerprint density at radius 3 is 2.40 bits per heavy atom. The van der Waals surface area contributed by atoms with Gasteiger partial charge >= 0.3 is 0 Å². The predicted octanol–water partition coefficient (Wildman–Crippen LogP) is 5.94. The molecule has 0 aliphatic rings. The van der Waals surface area contributed by atoms with Crippen molar-refractivity contribution in [1.29, 1.82) is 0 Å². The minimum atomic E-state index is 0.914. The summed E-state index contributed by atoms with van der Waals surface area (Å²) in [7, 11) is 0. The zero-order valence-corrected chi connectivity index (χ0v) is 16.7. The average molecular weight is 389 g/mol. The summed E-state index contributed by atoms with van der Waals surface area (Å²) in [5.74, 6) is 1.85. The molecule has 0 aliphatic heterocycles. The molecule has 3 heterocycles. The van der Waals surface area contributed by atoms with E-state index in [0.717, 1.165) is 61.5 Å². The zero-order chi connectivity index (χ0) is 20.2. The van der Waals surface area contributed by atoms with Crippen LogP contribution in [-0.4, -0.2) is 24.9 Å². The molecule has 3 aromatic heterocycles. The van der Waals surface area contributed by atoms with Gasteiger partial charge in [0.1, 0.15) is 11.6 Å². The normalized spacial score (nSPS) is 11.7. The van der Waals surface area contributed by atoms with Gasteiger partial charge in [0, 0.05) is 21.9 Å². The predicted molar refractivity (Wildman–Crippen MR) is 121 cm³/mol. The van der Waals surface area contributed by atoms with E-state index < -0.39 is 0 Å². The third-order valence-electron chi connectivity index (χ3n) is 5.59. The van der Waals surface area contributed by atoms with Crippen molar-refractivity contribution in [3.05, 3.63) is 78.5 Å². The maximum Gasteiger partial charge on any atom is 0.104 e. The largest absolute Gasteiger partial charge is 0.342 e. The van der Waals surface area contributed by atoms with Crippen molar-refractivity contribution in [1.82, 2.24) is 24.9 Å². The van der Waals surface area contributed by atoms with E-state index in [1.807, 2.05) is 20.0 Å². The van der Waals surface area contributed by atoms with Crippen molar-refractivity contribution in [2.45, 2.75) is 13.8 Å². The number of aromatic nitrogens is 5. The Labute approximate surface area is 172 Å². The molecule has 0 unspecified atom stereocenters. The van der Waals surface area contributed by atoms with Crippen LogP contribution >= 0.6 is 0 Å². The van der Waals surface area contributed by atoms with Crippen molar-refractivity contribution in [3.8, 4) is 22.5 Å². The minimum Gasteiger partial charge on any atom is -0.342 e. The summed E-state index contributed by atoms with van der Waals surface area (Å²) in [6, 6.07) is 21.2. The maximum atomic E-state index is 4.91. The van der Waals surface area contributed by atoms with Crippen molar-refractivity contribution in [2.75, 3.05) is 0 Å². The molecule has 2 N–H and O–H groups in total. The van der Waals surface area contributed by atoms with Crippen LogP contribution in [0.25, 0.3) is 55.2 Å². The number of imidazole rings is 2. The van der Waals surface area contributed by atoms with Gasteiger partial charge < -0.3 is 9.97 Å². The highest BCUT2D eigenvalue weighted by Crippen LogP contribution is 2.30. The van der Waals surface area contributed by atoms with E-state index in [2.05, 4.69) is 80.6 Å². The summed E-state index contributed by atoms with van der Waals surface area (Å²) in [6.07, 6.45) is 1.87. The topological polar surface area (TPSA) is 70.2 Å². The van der Waals surface area contributed by atoms with Crippen molar-refractivity contribution in [2.24, 2.45) is 0 Å². The van der Waals surface area contributed by atoms with Crippen LogP contribution in [0.5, 0.6) is 0 Å². The Morgan fingerprint density at radius 1 is 0.700 bits per heavy atom. The molecule has 0 atom stereocenters. The molecule has 5 nitrogen and oxygen atoms in total. The fourth-order valence-electron chi connectivity index (χ4n) is 4.11. The molecule has 0 aliphatic carbocycles. The first-order valence-electron chi connectivity index (χ1n) is 9.96. The van der Waals surface area contributed by atoms with Crippen LogP contribution in [0.15, 0.2) is 66.9 Å². The number of nitrogens with zero attached hydrogens (tertiary/aromatic N) is 3. The van der Waals surface area contributed by atoms with Crippen molar-refractivity contribution < 1.29 is 0 Å². The van der Waals surface area contributed by atoms with Crippen molar-refractivity contribution in [3.63, 3.8) is 0 Å². The van der Waals surface area contributed by atoms with Crippen LogP contribution in [0.3, 0.4) is 0 Å². The molecule has 0 bridgehead atoms. The Hall–Kier alpha value is -3.99. The van der Waals surface area contributed by atoms with Crippen LogP contribution < -0.4 is 0 Å². The molecular formula is C25H19N5. The Bertz CT molecular complexity index is 1570. The van der Waals surface area contributed by atoms with E-state index in [1.54, 1.807) is 0 Å². The Morgan fingerprint density at radius 2 is 1.53 bits per heavy atom. The van der Waals surface area contributed by atoms with Gasteiger partial charge in [-0.15, -0.1) is 0 Å². The third-order valence-corrected chi connectivity index (χ3v) is 5.59. The molecule has 6 aromatic rings. The first-order chi connectivity index (χ1) is 14.6. The highest BCUT2D eigenvalue weighted by Gasteiger charge is 2.09. The lowest BCUT2D eigenvalue weighted by Gasteiger charge is -2.07. The van der Waals surface area contributed by atoms with Gasteiger partial charge in [0.25, 0.3) is 0 Å². The molecule has 3 aromatic carbocycles. The van der Waals surface area contributed by atoms with Gasteiger partial charge in [-0.1, -0.05) is 30.3 Å². The summed E-state index contributed by atoms with van der Waals surface area (Å²) in [6.45, 7) is 3.94. The molecule has 0 fully saturated rings. The lowest BCUT2D eigenvalue weighted by atomic mass is 10.0. The van der Waals surface area contributed by atoms with Crippen LogP contribution in [-0.2, 0) is 0 Å². The van der Waals surface area contributed by atoms with E-state index in [9.17, 15) is 0 Å². The number of aryl methyl sites for hydroxylation is 2. The molecule has 0 amide bonds. The molecule has 30 heavy (non-hydrogen) atoms. The molecular weight excluding hydrogens is 370 g/mol. The first-order valence-corrected chi connectivity index (χ1v) is 9.96. The highest BCUT2D eigenvalue weighted by atomic mass is 14.9. The number of nitrogens with one attached hydrogen (secondary N) is 2. The molecule has 6 rings (SSSR count). The summed E-state index contributed by atoms with van der Waals surface area (Å²) in [4.78, 5) is 20.4. The number of aromatic amines is 2. The Balaban J connectivity index is 1.43. The van der Waals surface area contributed by atoms with Gasteiger partial charge in [0.15, 0.2) is 0 Å². The fraction of sp³-hybridized carbons (Fsp3) is 0.0800. The lowest BCUT2D eigenvalue weighted by Crippen LogP contribution is -1.87. The van der Waals surface area contributed by atoms with Crippen molar-refractivity contribution >= 4 is 32.7 Å². The first kappa shape index (κ1) is 16.9. The van der Waals surface area contributed by atoms with E-state index in [4.69, 9.17) is 4.98 Å². The zero-order valence-electron chi connectivity index (χ0n) is 16.7. The van der Waals surface area contributed by atoms with Gasteiger partial charge in [-0.2, -0.15) is 0 Å². The van der Waals surface area contributed by atoms with Crippen LogP contribution in [0, 0.1) is 13.8 Å². The Kier molecular flexibility index (Phi) is 3.53. The lowest BCUT2D eigenvalue weighted by molar-refractivity contribution is 1.15. The molecule has 5 heteroatoms. The van der Waals surface area contributed by atoms with Gasteiger partial charge in [-0.25, -0.2) is 15.0 Å². The molecule has 144 valence electrons. The SMILES string of the molecule is Cc1ncc(-c2ccc3nc(-c4ccc5c(ccc6[nH]c(C)nc65)c4)ccc3c2)[nH]1. The molecule has 0 saturated heterocycles. The third kappa shape index (κ3) is 2.67. The smallest absolute Gasteiger partial charge is 0.104 e. The number of hydrogen-bond donors (Lipinski definition) is 2. The second-order valence-electron chi connectivity index (χ2n) is 7.71. The number of rotatable bonds is 2. The van der Waals surface area contributed by atoms with Crippen LogP contribution in [0.1, 0.15) is 11.6 Å². The number of H-pyrrole nitrogens is 2.